The number of hydroxylamine groups is 1. The zero-order valence-electron chi connectivity index (χ0n) is 13.1. The van der Waals surface area contributed by atoms with Gasteiger partial charge in [-0.15, -0.1) is 0 Å². The van der Waals surface area contributed by atoms with E-state index in [1.54, 1.807) is 36.4 Å². The van der Waals surface area contributed by atoms with Crippen LogP contribution in [-0.4, -0.2) is 29.6 Å². The predicted octanol–water partition coefficient (Wildman–Crippen LogP) is 1.30. The van der Waals surface area contributed by atoms with Crippen molar-refractivity contribution in [3.8, 4) is 11.8 Å². The number of benzene rings is 2. The molecule has 7 heteroatoms. The molecule has 0 bridgehead atoms. The summed E-state index contributed by atoms with van der Waals surface area (Å²) in [4.78, 5) is 23.4. The molecule has 0 heterocycles. The van der Waals surface area contributed by atoms with Gasteiger partial charge in [0.25, 0.3) is 11.8 Å². The lowest BCUT2D eigenvalue weighted by Gasteiger charge is -2.14. The largest absolute Gasteiger partial charge is 0.339 e. The van der Waals surface area contributed by atoms with Gasteiger partial charge in [0.2, 0.25) is 0 Å². The second-order valence-corrected chi connectivity index (χ2v) is 5.51. The van der Waals surface area contributed by atoms with E-state index in [1.807, 2.05) is 12.1 Å². The van der Waals surface area contributed by atoms with E-state index in [1.165, 1.54) is 5.48 Å². The van der Waals surface area contributed by atoms with Gasteiger partial charge in [0.05, 0.1) is 0 Å². The summed E-state index contributed by atoms with van der Waals surface area (Å²) in [6, 6.07) is 12.7. The number of nitrogens with one attached hydrogen (secondary N) is 2. The Morgan fingerprint density at radius 3 is 2.04 bits per heavy atom. The highest BCUT2D eigenvalue weighted by Crippen LogP contribution is 2.09. The number of halogens is 1. The SMILES string of the molecule is NC[C@H](NC(=O)c1ccc(C#Cc2ccc(Cl)cc2)cc1)C(=O)NO. The standard InChI is InChI=1S/C18H16ClN3O3/c19-15-9-5-13(6-10-15)2-1-12-3-7-14(8-4-12)17(23)21-16(11-20)18(24)22-25/h3-10,16,25H,11,20H2,(H,21,23)(H,22,24)/t16-/m0/s1. The molecule has 0 aromatic heterocycles. The van der Waals surface area contributed by atoms with Gasteiger partial charge < -0.3 is 11.1 Å². The van der Waals surface area contributed by atoms with E-state index in [-0.39, 0.29) is 6.54 Å². The van der Waals surface area contributed by atoms with Gasteiger partial charge >= 0.3 is 0 Å². The molecule has 2 aromatic carbocycles. The molecule has 0 aliphatic heterocycles. The molecule has 1 atom stereocenters. The van der Waals surface area contributed by atoms with Crippen molar-refractivity contribution in [2.45, 2.75) is 6.04 Å². The second kappa shape index (κ2) is 8.85. The van der Waals surface area contributed by atoms with Crippen LogP contribution in [0.1, 0.15) is 21.5 Å². The normalized spacial score (nSPS) is 11.0. The van der Waals surface area contributed by atoms with Crippen LogP contribution in [0.3, 0.4) is 0 Å². The van der Waals surface area contributed by atoms with E-state index in [9.17, 15) is 9.59 Å². The van der Waals surface area contributed by atoms with Gasteiger partial charge in [0.15, 0.2) is 0 Å². The Bertz CT molecular complexity index is 808. The lowest BCUT2D eigenvalue weighted by Crippen LogP contribution is -2.50. The third-order valence-corrected chi connectivity index (χ3v) is 3.56. The third kappa shape index (κ3) is 5.33. The Labute approximate surface area is 149 Å². The first-order valence-electron chi connectivity index (χ1n) is 7.36. The molecule has 0 unspecified atom stereocenters. The molecule has 0 saturated carbocycles. The van der Waals surface area contributed by atoms with Gasteiger partial charge in [-0.2, -0.15) is 0 Å². The van der Waals surface area contributed by atoms with Crippen molar-refractivity contribution in [2.75, 3.05) is 6.54 Å². The summed E-state index contributed by atoms with van der Waals surface area (Å²) >= 11 is 5.82. The minimum Gasteiger partial charge on any atom is -0.339 e. The van der Waals surface area contributed by atoms with Crippen LogP contribution in [-0.2, 0) is 4.79 Å². The van der Waals surface area contributed by atoms with Crippen LogP contribution < -0.4 is 16.5 Å². The maximum atomic E-state index is 12.1. The molecular weight excluding hydrogens is 342 g/mol. The maximum absolute atomic E-state index is 12.1. The Balaban J connectivity index is 2.05. The first kappa shape index (κ1) is 18.5. The zero-order chi connectivity index (χ0) is 18.2. The smallest absolute Gasteiger partial charge is 0.267 e. The summed E-state index contributed by atoms with van der Waals surface area (Å²) in [6.45, 7) is -0.136. The van der Waals surface area contributed by atoms with Crippen LogP contribution in [0.15, 0.2) is 48.5 Å². The number of carbonyl (C=O) groups excluding carboxylic acids is 2. The molecule has 2 amide bonds. The number of hydrogen-bond acceptors (Lipinski definition) is 4. The molecule has 0 radical (unpaired) electrons. The molecule has 128 valence electrons. The van der Waals surface area contributed by atoms with Gasteiger partial charge in [-0.05, 0) is 48.5 Å². The van der Waals surface area contributed by atoms with Crippen molar-refractivity contribution in [2.24, 2.45) is 5.73 Å². The molecule has 5 N–H and O–H groups in total. The summed E-state index contributed by atoms with van der Waals surface area (Å²) in [5.41, 5.74) is 8.75. The first-order chi connectivity index (χ1) is 12.0. The fraction of sp³-hybridized carbons (Fsp3) is 0.111. The van der Waals surface area contributed by atoms with E-state index in [2.05, 4.69) is 17.2 Å². The number of rotatable bonds is 4. The summed E-state index contributed by atoms with van der Waals surface area (Å²) < 4.78 is 0. The molecule has 0 aliphatic rings. The van der Waals surface area contributed by atoms with Crippen molar-refractivity contribution in [1.29, 1.82) is 0 Å². The molecule has 25 heavy (non-hydrogen) atoms. The average Bonchev–Trinajstić information content (AvgIpc) is 2.65. The van der Waals surface area contributed by atoms with E-state index < -0.39 is 17.9 Å². The second-order valence-electron chi connectivity index (χ2n) is 5.07. The summed E-state index contributed by atoms with van der Waals surface area (Å²) in [5, 5.41) is 11.7. The highest BCUT2D eigenvalue weighted by molar-refractivity contribution is 6.30. The van der Waals surface area contributed by atoms with Crippen LogP contribution in [0.25, 0.3) is 0 Å². The van der Waals surface area contributed by atoms with Crippen LogP contribution in [0.4, 0.5) is 0 Å². The monoisotopic (exact) mass is 357 g/mol. The molecule has 0 fully saturated rings. The fourth-order valence-electron chi connectivity index (χ4n) is 1.93. The number of amides is 2. The molecule has 6 nitrogen and oxygen atoms in total. The molecule has 0 aliphatic carbocycles. The topological polar surface area (TPSA) is 104 Å². The molecule has 2 rings (SSSR count). The lowest BCUT2D eigenvalue weighted by molar-refractivity contribution is -0.130. The van der Waals surface area contributed by atoms with E-state index in [0.29, 0.717) is 10.6 Å². The van der Waals surface area contributed by atoms with E-state index in [4.69, 9.17) is 22.5 Å². The van der Waals surface area contributed by atoms with Crippen LogP contribution in [0, 0.1) is 11.8 Å². The van der Waals surface area contributed by atoms with Gasteiger partial charge in [-0.1, -0.05) is 23.4 Å². The van der Waals surface area contributed by atoms with Gasteiger partial charge in [-0.3, -0.25) is 14.8 Å². The van der Waals surface area contributed by atoms with E-state index >= 15 is 0 Å². The van der Waals surface area contributed by atoms with Crippen LogP contribution in [0.2, 0.25) is 5.02 Å². The highest BCUT2D eigenvalue weighted by atomic mass is 35.5. The van der Waals surface area contributed by atoms with Crippen molar-refractivity contribution < 1.29 is 14.8 Å². The minimum absolute atomic E-state index is 0.136. The highest BCUT2D eigenvalue weighted by Gasteiger charge is 2.19. The lowest BCUT2D eigenvalue weighted by atomic mass is 10.1. The predicted molar refractivity (Wildman–Crippen MR) is 94.1 cm³/mol. The van der Waals surface area contributed by atoms with Gasteiger partial charge in [0.1, 0.15) is 6.04 Å². The Morgan fingerprint density at radius 1 is 1.04 bits per heavy atom. The quantitative estimate of drug-likeness (QED) is 0.376. The third-order valence-electron chi connectivity index (χ3n) is 3.31. The zero-order valence-corrected chi connectivity index (χ0v) is 13.9. The molecule has 2 aromatic rings. The maximum Gasteiger partial charge on any atom is 0.267 e. The summed E-state index contributed by atoms with van der Waals surface area (Å²) in [6.07, 6.45) is 0. The van der Waals surface area contributed by atoms with Crippen LogP contribution >= 0.6 is 11.6 Å². The summed E-state index contributed by atoms with van der Waals surface area (Å²) in [7, 11) is 0. The Hall–Kier alpha value is -2.85. The van der Waals surface area contributed by atoms with Crippen molar-refractivity contribution >= 4 is 23.4 Å². The fourth-order valence-corrected chi connectivity index (χ4v) is 2.06. The Morgan fingerprint density at radius 2 is 1.56 bits per heavy atom. The number of hydrogen-bond donors (Lipinski definition) is 4. The molecule has 0 spiro atoms. The Kier molecular flexibility index (Phi) is 6.54. The minimum atomic E-state index is -1.01. The van der Waals surface area contributed by atoms with Crippen molar-refractivity contribution in [3.63, 3.8) is 0 Å². The number of nitrogens with two attached hydrogens (primary N) is 1. The molecular formula is C18H16ClN3O3. The summed E-state index contributed by atoms with van der Waals surface area (Å²) in [5.74, 6) is 4.73. The van der Waals surface area contributed by atoms with Gasteiger partial charge in [-0.25, -0.2) is 5.48 Å². The van der Waals surface area contributed by atoms with Crippen molar-refractivity contribution in [1.82, 2.24) is 10.8 Å². The molecule has 0 saturated heterocycles. The first-order valence-corrected chi connectivity index (χ1v) is 7.74. The van der Waals surface area contributed by atoms with Crippen LogP contribution in [0.5, 0.6) is 0 Å². The van der Waals surface area contributed by atoms with Crippen molar-refractivity contribution in [3.05, 3.63) is 70.2 Å². The average molecular weight is 358 g/mol. The van der Waals surface area contributed by atoms with E-state index in [0.717, 1.165) is 11.1 Å². The van der Waals surface area contributed by atoms with Gasteiger partial charge in [0, 0.05) is 28.3 Å². The number of carbonyl (C=O) groups is 2.